The number of carbonyl (C=O) groups excluding carboxylic acids is 3. The van der Waals surface area contributed by atoms with Gasteiger partial charge in [-0.25, -0.2) is 0 Å². The first kappa shape index (κ1) is 22.9. The van der Waals surface area contributed by atoms with Gasteiger partial charge in [0.25, 0.3) is 5.91 Å². The van der Waals surface area contributed by atoms with Gasteiger partial charge in [0, 0.05) is 59.5 Å². The van der Waals surface area contributed by atoms with Crippen LogP contribution in [0.1, 0.15) is 46.3 Å². The minimum Gasteiger partial charge on any atom is -0.489 e. The summed E-state index contributed by atoms with van der Waals surface area (Å²) in [7, 11) is -0.666. The zero-order chi connectivity index (χ0) is 23.7. The Bertz CT molecular complexity index is 1140. The van der Waals surface area contributed by atoms with Gasteiger partial charge in [-0.15, -0.1) is 0 Å². The largest absolute Gasteiger partial charge is 0.489 e. The molecule has 0 radical (unpaired) electrons. The third-order valence-electron chi connectivity index (χ3n) is 6.86. The topological polar surface area (TPSA) is 84.0 Å². The lowest BCUT2D eigenvalue weighted by atomic mass is 9.92. The number of fused-ring (bicyclic) bond motifs is 1. The standard InChI is InChI=1S/C26H28N2O5S/c29-20-8-9-23(24(30)14-20)28-16-22-21(26(28)31)2-1-3-25(22)33-17-19-6-4-18(5-7-19)15-27-10-12-34(32)13-11-27/h1-7,23H,8-17H2. The summed E-state index contributed by atoms with van der Waals surface area (Å²) in [6, 6.07) is 13.2. The van der Waals surface area contributed by atoms with Gasteiger partial charge in [0.05, 0.1) is 19.0 Å². The second-order valence-electron chi connectivity index (χ2n) is 9.18. The summed E-state index contributed by atoms with van der Waals surface area (Å²) in [6.45, 7) is 3.30. The Morgan fingerprint density at radius 3 is 2.44 bits per heavy atom. The van der Waals surface area contributed by atoms with E-state index in [2.05, 4.69) is 29.2 Å². The van der Waals surface area contributed by atoms with Crippen LogP contribution in [0.2, 0.25) is 0 Å². The molecule has 2 heterocycles. The first-order valence-electron chi connectivity index (χ1n) is 11.7. The first-order valence-corrected chi connectivity index (χ1v) is 13.2. The van der Waals surface area contributed by atoms with Crippen LogP contribution >= 0.6 is 0 Å². The second kappa shape index (κ2) is 9.80. The predicted molar refractivity (Wildman–Crippen MR) is 128 cm³/mol. The van der Waals surface area contributed by atoms with Crippen molar-refractivity contribution in [1.29, 1.82) is 0 Å². The minimum absolute atomic E-state index is 0.0483. The maximum atomic E-state index is 13.0. The monoisotopic (exact) mass is 480 g/mol. The van der Waals surface area contributed by atoms with Gasteiger partial charge in [0.2, 0.25) is 0 Å². The highest BCUT2D eigenvalue weighted by Gasteiger charge is 2.39. The van der Waals surface area contributed by atoms with Crippen molar-refractivity contribution in [2.75, 3.05) is 24.6 Å². The molecule has 1 atom stereocenters. The number of Topliss-reactive ketones (excluding diaryl/α,β-unsaturated/α-hetero) is 2. The van der Waals surface area contributed by atoms with Crippen LogP contribution in [0.4, 0.5) is 0 Å². The van der Waals surface area contributed by atoms with Gasteiger partial charge in [-0.05, 0) is 29.7 Å². The number of carbonyl (C=O) groups is 3. The van der Waals surface area contributed by atoms with Crippen molar-refractivity contribution in [1.82, 2.24) is 9.80 Å². The fourth-order valence-electron chi connectivity index (χ4n) is 4.90. The SMILES string of the molecule is O=C1CCC(N2Cc3c(OCc4ccc(CN5CCS(=O)CC5)cc4)cccc3C2=O)C(=O)C1. The Hall–Kier alpha value is -2.84. The van der Waals surface area contributed by atoms with Crippen LogP contribution in [0, 0.1) is 0 Å². The molecule has 3 aliphatic rings. The molecule has 2 aromatic carbocycles. The van der Waals surface area contributed by atoms with Crippen molar-refractivity contribution < 1.29 is 23.3 Å². The molecule has 1 saturated heterocycles. The molecule has 2 aromatic rings. The number of ether oxygens (including phenoxy) is 1. The van der Waals surface area contributed by atoms with E-state index >= 15 is 0 Å². The zero-order valence-electron chi connectivity index (χ0n) is 19.0. The van der Waals surface area contributed by atoms with E-state index in [9.17, 15) is 18.6 Å². The van der Waals surface area contributed by atoms with Crippen molar-refractivity contribution in [2.24, 2.45) is 0 Å². The van der Waals surface area contributed by atoms with E-state index in [1.807, 2.05) is 6.07 Å². The molecule has 1 saturated carbocycles. The van der Waals surface area contributed by atoms with Crippen molar-refractivity contribution >= 4 is 28.3 Å². The third kappa shape index (κ3) is 4.83. The molecule has 7 nitrogen and oxygen atoms in total. The van der Waals surface area contributed by atoms with E-state index in [4.69, 9.17) is 4.74 Å². The molecule has 5 rings (SSSR count). The van der Waals surface area contributed by atoms with Crippen molar-refractivity contribution in [3.63, 3.8) is 0 Å². The summed E-state index contributed by atoms with van der Waals surface area (Å²) < 4.78 is 17.6. The summed E-state index contributed by atoms with van der Waals surface area (Å²) in [5.74, 6) is 1.77. The molecule has 0 bridgehead atoms. The number of nitrogens with zero attached hydrogens (tertiary/aromatic N) is 2. The van der Waals surface area contributed by atoms with E-state index in [0.717, 1.165) is 42.3 Å². The molecule has 178 valence electrons. The number of rotatable bonds is 6. The predicted octanol–water partition coefficient (Wildman–Crippen LogP) is 2.48. The molecule has 8 heteroatoms. The molecular weight excluding hydrogens is 452 g/mol. The van der Waals surface area contributed by atoms with Gasteiger partial charge in [0.15, 0.2) is 5.78 Å². The first-order chi connectivity index (χ1) is 16.5. The van der Waals surface area contributed by atoms with E-state index in [1.54, 1.807) is 17.0 Å². The van der Waals surface area contributed by atoms with Crippen LogP contribution in [0.5, 0.6) is 5.75 Å². The van der Waals surface area contributed by atoms with Crippen molar-refractivity contribution in [3.8, 4) is 5.75 Å². The number of hydrogen-bond donors (Lipinski definition) is 0. The van der Waals surface area contributed by atoms with Gasteiger partial charge >= 0.3 is 0 Å². The van der Waals surface area contributed by atoms with E-state index < -0.39 is 16.8 Å². The summed E-state index contributed by atoms with van der Waals surface area (Å²) in [5.41, 5.74) is 3.62. The molecule has 0 N–H and O–H groups in total. The highest BCUT2D eigenvalue weighted by Crippen LogP contribution is 2.34. The Labute approximate surface area is 201 Å². The summed E-state index contributed by atoms with van der Waals surface area (Å²) in [5, 5.41) is 0. The molecule has 34 heavy (non-hydrogen) atoms. The van der Waals surface area contributed by atoms with Crippen LogP contribution in [0.3, 0.4) is 0 Å². The van der Waals surface area contributed by atoms with Gasteiger partial charge in [-0.2, -0.15) is 0 Å². The number of benzene rings is 2. The van der Waals surface area contributed by atoms with E-state index in [0.29, 0.717) is 37.3 Å². The normalized spacial score (nSPS) is 21.7. The molecule has 1 unspecified atom stereocenters. The number of ketones is 2. The lowest BCUT2D eigenvalue weighted by Gasteiger charge is -2.29. The van der Waals surface area contributed by atoms with Gasteiger partial charge < -0.3 is 9.64 Å². The molecule has 0 spiro atoms. The Kier molecular flexibility index (Phi) is 6.61. The average Bonchev–Trinajstić information content (AvgIpc) is 3.17. The Morgan fingerprint density at radius 1 is 0.971 bits per heavy atom. The molecule has 1 aliphatic carbocycles. The molecule has 2 aliphatic heterocycles. The third-order valence-corrected chi connectivity index (χ3v) is 8.14. The van der Waals surface area contributed by atoms with Crippen LogP contribution in [-0.4, -0.2) is 62.1 Å². The van der Waals surface area contributed by atoms with Gasteiger partial charge in [-0.3, -0.25) is 23.5 Å². The van der Waals surface area contributed by atoms with Crippen molar-refractivity contribution in [3.05, 3.63) is 64.7 Å². The van der Waals surface area contributed by atoms with Crippen molar-refractivity contribution in [2.45, 2.75) is 45.0 Å². The average molecular weight is 481 g/mol. The van der Waals surface area contributed by atoms with Crippen LogP contribution in [-0.2, 0) is 40.1 Å². The summed E-state index contributed by atoms with van der Waals surface area (Å²) in [6.07, 6.45) is 0.657. The highest BCUT2D eigenvalue weighted by atomic mass is 32.2. The molecule has 2 fully saturated rings. The molecule has 0 aromatic heterocycles. The Balaban J connectivity index is 1.22. The van der Waals surface area contributed by atoms with Gasteiger partial charge in [-0.1, -0.05) is 30.3 Å². The minimum atomic E-state index is -0.666. The van der Waals surface area contributed by atoms with Crippen LogP contribution in [0.15, 0.2) is 42.5 Å². The Morgan fingerprint density at radius 2 is 1.71 bits per heavy atom. The lowest BCUT2D eigenvalue weighted by Crippen LogP contribution is -2.44. The summed E-state index contributed by atoms with van der Waals surface area (Å²) >= 11 is 0. The fraction of sp³-hybridized carbons (Fsp3) is 0.423. The van der Waals surface area contributed by atoms with Gasteiger partial charge in [0.1, 0.15) is 18.1 Å². The second-order valence-corrected chi connectivity index (χ2v) is 10.9. The van der Waals surface area contributed by atoms with E-state index in [1.165, 1.54) is 5.56 Å². The van der Waals surface area contributed by atoms with Crippen LogP contribution in [0.25, 0.3) is 0 Å². The molecular formula is C26H28N2O5S. The maximum absolute atomic E-state index is 13.0. The molecule has 1 amide bonds. The van der Waals surface area contributed by atoms with Crippen LogP contribution < -0.4 is 4.74 Å². The summed E-state index contributed by atoms with van der Waals surface area (Å²) in [4.78, 5) is 40.9. The smallest absolute Gasteiger partial charge is 0.255 e. The fourth-order valence-corrected chi connectivity index (χ4v) is 6.02. The quantitative estimate of drug-likeness (QED) is 0.591. The van der Waals surface area contributed by atoms with E-state index in [-0.39, 0.29) is 23.9 Å². The zero-order valence-corrected chi connectivity index (χ0v) is 19.9. The highest BCUT2D eigenvalue weighted by molar-refractivity contribution is 7.85. The number of hydrogen-bond acceptors (Lipinski definition) is 6. The maximum Gasteiger partial charge on any atom is 0.255 e. The lowest BCUT2D eigenvalue weighted by molar-refractivity contribution is -0.133. The number of amides is 1.